The third-order valence-corrected chi connectivity index (χ3v) is 3.85. The van der Waals surface area contributed by atoms with Gasteiger partial charge in [-0.1, -0.05) is 17.7 Å². The first-order valence-electron chi connectivity index (χ1n) is 6.11. The van der Waals surface area contributed by atoms with Gasteiger partial charge in [0, 0.05) is 30.2 Å². The molecule has 0 bridgehead atoms. The van der Waals surface area contributed by atoms with Crippen molar-refractivity contribution in [2.24, 2.45) is 0 Å². The Labute approximate surface area is 114 Å². The van der Waals surface area contributed by atoms with Crippen LogP contribution in [0.25, 0.3) is 0 Å². The number of benzene rings is 1. The van der Waals surface area contributed by atoms with Crippen LogP contribution in [0.3, 0.4) is 0 Å². The van der Waals surface area contributed by atoms with E-state index in [1.807, 2.05) is 24.9 Å². The van der Waals surface area contributed by atoms with Gasteiger partial charge in [-0.15, -0.1) is 0 Å². The molecule has 0 aromatic heterocycles. The summed E-state index contributed by atoms with van der Waals surface area (Å²) >= 11 is 1.89. The summed E-state index contributed by atoms with van der Waals surface area (Å²) in [5, 5.41) is 3.36. The molecule has 102 valence electrons. The van der Waals surface area contributed by atoms with Crippen molar-refractivity contribution in [3.63, 3.8) is 0 Å². The van der Waals surface area contributed by atoms with Crippen molar-refractivity contribution in [2.75, 3.05) is 39.4 Å². The van der Waals surface area contributed by atoms with Crippen molar-refractivity contribution >= 4 is 11.8 Å². The van der Waals surface area contributed by atoms with E-state index >= 15 is 0 Å². The molecule has 4 heteroatoms. The van der Waals surface area contributed by atoms with E-state index in [-0.39, 0.29) is 0 Å². The Morgan fingerprint density at radius 2 is 2.11 bits per heavy atom. The molecule has 1 atom stereocenters. The quantitative estimate of drug-likeness (QED) is 0.735. The molecule has 0 aliphatic rings. The summed E-state index contributed by atoms with van der Waals surface area (Å²) in [5.41, 5.74) is 2.48. The first-order valence-corrected chi connectivity index (χ1v) is 7.26. The molecular formula is C14H23NO2S. The van der Waals surface area contributed by atoms with Crippen LogP contribution in [-0.4, -0.2) is 39.4 Å². The molecule has 1 aromatic rings. The molecule has 0 saturated carbocycles. The fraction of sp³-hybridized carbons (Fsp3) is 0.571. The lowest BCUT2D eigenvalue weighted by molar-refractivity contribution is 0.218. The zero-order chi connectivity index (χ0) is 13.4. The second-order valence-corrected chi connectivity index (χ2v) is 5.30. The van der Waals surface area contributed by atoms with Gasteiger partial charge in [-0.2, -0.15) is 11.8 Å². The second-order valence-electron chi connectivity index (χ2n) is 4.15. The zero-order valence-corrected chi connectivity index (χ0v) is 12.5. The van der Waals surface area contributed by atoms with E-state index in [4.69, 9.17) is 9.47 Å². The standard InChI is InChI=1S/C14H23NO2S/c1-11-5-6-14(17-4)12(9-11)13(15-2)10-18-8-7-16-3/h5-6,9,13,15H,7-8,10H2,1-4H3. The van der Waals surface area contributed by atoms with Crippen LogP contribution in [0.15, 0.2) is 18.2 Å². The largest absolute Gasteiger partial charge is 0.496 e. The number of thioether (sulfide) groups is 1. The summed E-state index contributed by atoms with van der Waals surface area (Å²) in [4.78, 5) is 0. The Balaban J connectivity index is 2.71. The number of hydrogen-bond donors (Lipinski definition) is 1. The van der Waals surface area contributed by atoms with E-state index in [1.165, 1.54) is 11.1 Å². The maximum Gasteiger partial charge on any atom is 0.123 e. The number of nitrogens with one attached hydrogen (secondary N) is 1. The van der Waals surface area contributed by atoms with E-state index in [9.17, 15) is 0 Å². The van der Waals surface area contributed by atoms with E-state index in [0.29, 0.717) is 6.04 Å². The average Bonchev–Trinajstić information content (AvgIpc) is 2.39. The smallest absolute Gasteiger partial charge is 0.123 e. The minimum Gasteiger partial charge on any atom is -0.496 e. The monoisotopic (exact) mass is 269 g/mol. The summed E-state index contributed by atoms with van der Waals surface area (Å²) in [5.74, 6) is 2.98. The van der Waals surface area contributed by atoms with Gasteiger partial charge < -0.3 is 14.8 Å². The minimum absolute atomic E-state index is 0.307. The molecule has 0 heterocycles. The topological polar surface area (TPSA) is 30.5 Å². The summed E-state index contributed by atoms with van der Waals surface area (Å²) in [7, 11) is 5.45. The Hall–Kier alpha value is -0.710. The van der Waals surface area contributed by atoms with Crippen LogP contribution in [0.4, 0.5) is 0 Å². The minimum atomic E-state index is 0.307. The average molecular weight is 269 g/mol. The first-order chi connectivity index (χ1) is 8.72. The molecule has 0 aliphatic carbocycles. The van der Waals surface area contributed by atoms with E-state index in [1.54, 1.807) is 14.2 Å². The SMILES string of the molecule is CNC(CSCCOC)c1cc(C)ccc1OC. The molecule has 0 spiro atoms. The van der Waals surface area contributed by atoms with Gasteiger partial charge in [-0.3, -0.25) is 0 Å². The highest BCUT2D eigenvalue weighted by molar-refractivity contribution is 7.99. The van der Waals surface area contributed by atoms with Crippen LogP contribution in [0.1, 0.15) is 17.2 Å². The fourth-order valence-corrected chi connectivity index (χ4v) is 2.83. The molecule has 1 unspecified atom stereocenters. The van der Waals surface area contributed by atoms with E-state index in [0.717, 1.165) is 23.9 Å². The van der Waals surface area contributed by atoms with E-state index < -0.39 is 0 Å². The predicted octanol–water partition coefficient (Wildman–Crippen LogP) is 2.64. The molecule has 0 saturated heterocycles. The lowest BCUT2D eigenvalue weighted by atomic mass is 10.0. The highest BCUT2D eigenvalue weighted by atomic mass is 32.2. The second kappa shape index (κ2) is 8.40. The maximum absolute atomic E-state index is 5.44. The third-order valence-electron chi connectivity index (χ3n) is 2.83. The lowest BCUT2D eigenvalue weighted by Gasteiger charge is -2.19. The number of methoxy groups -OCH3 is 2. The molecule has 0 radical (unpaired) electrons. The Kier molecular flexibility index (Phi) is 7.16. The number of hydrogen-bond acceptors (Lipinski definition) is 4. The van der Waals surface area contributed by atoms with Crippen molar-refractivity contribution < 1.29 is 9.47 Å². The Bertz CT molecular complexity index is 358. The van der Waals surface area contributed by atoms with Gasteiger partial charge in [0.15, 0.2) is 0 Å². The van der Waals surface area contributed by atoms with Crippen LogP contribution in [0, 0.1) is 6.92 Å². The normalized spacial score (nSPS) is 12.4. The van der Waals surface area contributed by atoms with Crippen molar-refractivity contribution in [1.82, 2.24) is 5.32 Å². The van der Waals surface area contributed by atoms with Crippen molar-refractivity contribution in [1.29, 1.82) is 0 Å². The summed E-state index contributed by atoms with van der Waals surface area (Å²) in [6, 6.07) is 6.61. The highest BCUT2D eigenvalue weighted by Crippen LogP contribution is 2.28. The predicted molar refractivity (Wildman–Crippen MR) is 78.7 cm³/mol. The Morgan fingerprint density at radius 3 is 2.72 bits per heavy atom. The maximum atomic E-state index is 5.44. The van der Waals surface area contributed by atoms with Gasteiger partial charge in [-0.05, 0) is 20.0 Å². The van der Waals surface area contributed by atoms with Crippen LogP contribution in [0.5, 0.6) is 5.75 Å². The van der Waals surface area contributed by atoms with Crippen LogP contribution in [0.2, 0.25) is 0 Å². The van der Waals surface area contributed by atoms with Gasteiger partial charge in [0.2, 0.25) is 0 Å². The van der Waals surface area contributed by atoms with Gasteiger partial charge >= 0.3 is 0 Å². The molecule has 3 nitrogen and oxygen atoms in total. The van der Waals surface area contributed by atoms with Gasteiger partial charge in [0.05, 0.1) is 13.7 Å². The molecular weight excluding hydrogens is 246 g/mol. The molecule has 1 N–H and O–H groups in total. The molecule has 0 aliphatic heterocycles. The van der Waals surface area contributed by atoms with Crippen molar-refractivity contribution in [3.8, 4) is 5.75 Å². The zero-order valence-electron chi connectivity index (χ0n) is 11.7. The van der Waals surface area contributed by atoms with E-state index in [2.05, 4.69) is 24.4 Å². The van der Waals surface area contributed by atoms with Gasteiger partial charge in [-0.25, -0.2) is 0 Å². The third kappa shape index (κ3) is 4.52. The van der Waals surface area contributed by atoms with Crippen LogP contribution < -0.4 is 10.1 Å². The highest BCUT2D eigenvalue weighted by Gasteiger charge is 2.14. The summed E-state index contributed by atoms with van der Waals surface area (Å²) < 4.78 is 10.5. The molecule has 18 heavy (non-hydrogen) atoms. The van der Waals surface area contributed by atoms with Gasteiger partial charge in [0.25, 0.3) is 0 Å². The first kappa shape index (κ1) is 15.3. The molecule has 1 rings (SSSR count). The molecule has 0 amide bonds. The molecule has 0 fully saturated rings. The number of rotatable bonds is 8. The number of aryl methyl sites for hydroxylation is 1. The lowest BCUT2D eigenvalue weighted by Crippen LogP contribution is -2.20. The van der Waals surface area contributed by atoms with Crippen LogP contribution >= 0.6 is 11.8 Å². The Morgan fingerprint density at radius 1 is 1.33 bits per heavy atom. The molecule has 1 aromatic carbocycles. The fourth-order valence-electron chi connectivity index (χ4n) is 1.80. The van der Waals surface area contributed by atoms with Crippen molar-refractivity contribution in [2.45, 2.75) is 13.0 Å². The van der Waals surface area contributed by atoms with Crippen LogP contribution in [-0.2, 0) is 4.74 Å². The summed E-state index contributed by atoms with van der Waals surface area (Å²) in [6.45, 7) is 2.90. The number of ether oxygens (including phenoxy) is 2. The van der Waals surface area contributed by atoms with Crippen molar-refractivity contribution in [3.05, 3.63) is 29.3 Å². The van der Waals surface area contributed by atoms with Gasteiger partial charge in [0.1, 0.15) is 5.75 Å². The summed E-state index contributed by atoms with van der Waals surface area (Å²) in [6.07, 6.45) is 0.